The molecule has 0 radical (unpaired) electrons. The minimum absolute atomic E-state index is 0.0815. The first kappa shape index (κ1) is 11.9. The molecule has 0 saturated carbocycles. The van der Waals surface area contributed by atoms with Crippen molar-refractivity contribution in [3.8, 4) is 0 Å². The maximum absolute atomic E-state index is 8.78. The first-order valence-electron chi connectivity index (χ1n) is 4.87. The van der Waals surface area contributed by atoms with Crippen LogP contribution >= 0.6 is 0 Å². The Bertz CT molecular complexity index is 112. The van der Waals surface area contributed by atoms with Gasteiger partial charge < -0.3 is 10.4 Å². The molecule has 0 aliphatic rings. The van der Waals surface area contributed by atoms with Crippen LogP contribution in [-0.2, 0) is 0 Å². The highest BCUT2D eigenvalue weighted by Gasteiger charge is 2.16. The van der Waals surface area contributed by atoms with Gasteiger partial charge in [0.05, 0.1) is 0 Å². The van der Waals surface area contributed by atoms with E-state index in [1.807, 2.05) is 0 Å². The van der Waals surface area contributed by atoms with Crippen LogP contribution in [0.15, 0.2) is 0 Å². The number of nitrogens with one attached hydrogen (secondary N) is 1. The van der Waals surface area contributed by atoms with Gasteiger partial charge in [-0.05, 0) is 32.7 Å². The molecule has 1 atom stereocenters. The second-order valence-electron chi connectivity index (χ2n) is 4.25. The van der Waals surface area contributed by atoms with Gasteiger partial charge in [0, 0.05) is 12.1 Å². The number of rotatable bonds is 6. The molecule has 0 aromatic rings. The van der Waals surface area contributed by atoms with E-state index in [1.54, 1.807) is 0 Å². The van der Waals surface area contributed by atoms with Gasteiger partial charge in [-0.2, -0.15) is 0 Å². The molecular formula is C10H23NO. The number of hydrogen-bond acceptors (Lipinski definition) is 2. The largest absolute Gasteiger partial charge is 0.396 e. The third kappa shape index (κ3) is 5.56. The normalized spacial score (nSPS) is 14.8. The predicted molar refractivity (Wildman–Crippen MR) is 53.2 cm³/mol. The van der Waals surface area contributed by atoms with Crippen molar-refractivity contribution in [3.63, 3.8) is 0 Å². The van der Waals surface area contributed by atoms with Crippen molar-refractivity contribution in [2.75, 3.05) is 13.2 Å². The Balaban J connectivity index is 3.59. The molecule has 0 aromatic carbocycles. The SMILES string of the molecule is CCC(C)CNC(C)(C)CCO. The predicted octanol–water partition coefficient (Wildman–Crippen LogP) is 1.78. The minimum Gasteiger partial charge on any atom is -0.396 e. The van der Waals surface area contributed by atoms with Gasteiger partial charge in [-0.3, -0.25) is 0 Å². The Morgan fingerprint density at radius 3 is 2.42 bits per heavy atom. The van der Waals surface area contributed by atoms with E-state index < -0.39 is 0 Å². The maximum atomic E-state index is 8.78. The molecule has 0 aromatic heterocycles. The standard InChI is InChI=1S/C10H23NO/c1-5-9(2)8-11-10(3,4)6-7-12/h9,11-12H,5-8H2,1-4H3. The third-order valence-corrected chi connectivity index (χ3v) is 2.36. The van der Waals surface area contributed by atoms with Crippen LogP contribution in [0.4, 0.5) is 0 Å². The molecule has 1 unspecified atom stereocenters. The van der Waals surface area contributed by atoms with Gasteiger partial charge in [0.25, 0.3) is 0 Å². The summed E-state index contributed by atoms with van der Waals surface area (Å²) in [5.41, 5.74) is 0.0815. The van der Waals surface area contributed by atoms with Crippen LogP contribution in [0.1, 0.15) is 40.5 Å². The Morgan fingerprint density at radius 2 is 2.00 bits per heavy atom. The highest BCUT2D eigenvalue weighted by molar-refractivity contribution is 4.77. The molecule has 0 saturated heterocycles. The van der Waals surface area contributed by atoms with Crippen molar-refractivity contribution in [2.24, 2.45) is 5.92 Å². The number of hydrogen-bond donors (Lipinski definition) is 2. The van der Waals surface area contributed by atoms with Crippen molar-refractivity contribution in [2.45, 2.75) is 46.1 Å². The Labute approximate surface area is 76.4 Å². The monoisotopic (exact) mass is 173 g/mol. The van der Waals surface area contributed by atoms with Crippen LogP contribution in [0.25, 0.3) is 0 Å². The molecule has 0 aliphatic carbocycles. The smallest absolute Gasteiger partial charge is 0.0448 e. The van der Waals surface area contributed by atoms with Crippen molar-refractivity contribution in [3.05, 3.63) is 0 Å². The van der Waals surface area contributed by atoms with Gasteiger partial charge >= 0.3 is 0 Å². The van der Waals surface area contributed by atoms with Gasteiger partial charge in [0.1, 0.15) is 0 Å². The molecular weight excluding hydrogens is 150 g/mol. The van der Waals surface area contributed by atoms with E-state index in [9.17, 15) is 0 Å². The molecule has 12 heavy (non-hydrogen) atoms. The van der Waals surface area contributed by atoms with Crippen LogP contribution in [0.3, 0.4) is 0 Å². The van der Waals surface area contributed by atoms with Crippen LogP contribution in [-0.4, -0.2) is 23.8 Å². The first-order valence-corrected chi connectivity index (χ1v) is 4.87. The summed E-state index contributed by atoms with van der Waals surface area (Å²) >= 11 is 0. The fraction of sp³-hybridized carbons (Fsp3) is 1.00. The van der Waals surface area contributed by atoms with Gasteiger partial charge in [-0.15, -0.1) is 0 Å². The lowest BCUT2D eigenvalue weighted by atomic mass is 9.99. The second-order valence-corrected chi connectivity index (χ2v) is 4.25. The summed E-state index contributed by atoms with van der Waals surface area (Å²) in [6, 6.07) is 0. The van der Waals surface area contributed by atoms with Gasteiger partial charge in [-0.1, -0.05) is 20.3 Å². The van der Waals surface area contributed by atoms with Gasteiger partial charge in [0.15, 0.2) is 0 Å². The van der Waals surface area contributed by atoms with E-state index in [0.717, 1.165) is 18.9 Å². The quantitative estimate of drug-likeness (QED) is 0.642. The van der Waals surface area contributed by atoms with Crippen molar-refractivity contribution >= 4 is 0 Å². The van der Waals surface area contributed by atoms with Crippen molar-refractivity contribution in [1.82, 2.24) is 5.32 Å². The van der Waals surface area contributed by atoms with Crippen LogP contribution in [0, 0.1) is 5.92 Å². The zero-order chi connectivity index (χ0) is 9.61. The highest BCUT2D eigenvalue weighted by atomic mass is 16.3. The van der Waals surface area contributed by atoms with E-state index in [2.05, 4.69) is 33.0 Å². The number of aliphatic hydroxyl groups excluding tert-OH is 1. The molecule has 0 fully saturated rings. The second kappa shape index (κ2) is 5.55. The summed E-state index contributed by atoms with van der Waals surface area (Å²) in [6.45, 7) is 10.0. The van der Waals surface area contributed by atoms with Crippen molar-refractivity contribution in [1.29, 1.82) is 0 Å². The summed E-state index contributed by atoms with van der Waals surface area (Å²) in [5.74, 6) is 0.725. The fourth-order valence-electron chi connectivity index (χ4n) is 0.963. The lowest BCUT2D eigenvalue weighted by Crippen LogP contribution is -2.42. The first-order chi connectivity index (χ1) is 5.52. The van der Waals surface area contributed by atoms with Crippen LogP contribution in [0.5, 0.6) is 0 Å². The Kier molecular flexibility index (Phi) is 5.51. The highest BCUT2D eigenvalue weighted by Crippen LogP contribution is 2.08. The van der Waals surface area contributed by atoms with E-state index >= 15 is 0 Å². The van der Waals surface area contributed by atoms with E-state index in [4.69, 9.17) is 5.11 Å². The summed E-state index contributed by atoms with van der Waals surface area (Å²) in [6.07, 6.45) is 2.03. The van der Waals surface area contributed by atoms with Gasteiger partial charge in [-0.25, -0.2) is 0 Å². The molecule has 0 amide bonds. The fourth-order valence-corrected chi connectivity index (χ4v) is 0.963. The van der Waals surface area contributed by atoms with E-state index in [-0.39, 0.29) is 12.1 Å². The Hall–Kier alpha value is -0.0800. The van der Waals surface area contributed by atoms with Crippen molar-refractivity contribution < 1.29 is 5.11 Å². The molecule has 2 N–H and O–H groups in total. The summed E-state index contributed by atoms with van der Waals surface area (Å²) < 4.78 is 0. The lowest BCUT2D eigenvalue weighted by molar-refractivity contribution is 0.226. The van der Waals surface area contributed by atoms with Gasteiger partial charge in [0.2, 0.25) is 0 Å². The summed E-state index contributed by atoms with van der Waals surface area (Å²) in [4.78, 5) is 0. The molecule has 74 valence electrons. The lowest BCUT2D eigenvalue weighted by Gasteiger charge is -2.27. The molecule has 0 rings (SSSR count). The topological polar surface area (TPSA) is 32.3 Å². The Morgan fingerprint density at radius 1 is 1.42 bits per heavy atom. The average Bonchev–Trinajstić information content (AvgIpc) is 2.00. The molecule has 2 nitrogen and oxygen atoms in total. The van der Waals surface area contributed by atoms with Crippen LogP contribution < -0.4 is 5.32 Å². The molecule has 0 spiro atoms. The number of aliphatic hydroxyl groups is 1. The summed E-state index contributed by atoms with van der Waals surface area (Å²) in [5, 5.41) is 12.2. The van der Waals surface area contributed by atoms with E-state index in [1.165, 1.54) is 6.42 Å². The molecule has 0 heterocycles. The third-order valence-electron chi connectivity index (χ3n) is 2.36. The summed E-state index contributed by atoms with van der Waals surface area (Å²) in [7, 11) is 0. The zero-order valence-corrected chi connectivity index (χ0v) is 8.85. The van der Waals surface area contributed by atoms with Crippen LogP contribution in [0.2, 0.25) is 0 Å². The zero-order valence-electron chi connectivity index (χ0n) is 8.85. The average molecular weight is 173 g/mol. The molecule has 0 bridgehead atoms. The molecule has 0 aliphatic heterocycles. The van der Waals surface area contributed by atoms with E-state index in [0.29, 0.717) is 0 Å². The maximum Gasteiger partial charge on any atom is 0.0448 e. The minimum atomic E-state index is 0.0815. The molecule has 2 heteroatoms.